The number of nitrogens with one attached hydrogen (secondary N) is 1. The highest BCUT2D eigenvalue weighted by molar-refractivity contribution is 5.94. The first-order chi connectivity index (χ1) is 12.0. The minimum atomic E-state index is -0.802. The van der Waals surface area contributed by atoms with Crippen LogP contribution >= 0.6 is 0 Å². The monoisotopic (exact) mass is 339 g/mol. The van der Waals surface area contributed by atoms with Crippen LogP contribution in [0.2, 0.25) is 0 Å². The maximum Gasteiger partial charge on any atom is 0.261 e. The fraction of sp³-hybridized carbons (Fsp3) is 0.211. The van der Waals surface area contributed by atoms with Crippen LogP contribution in [0, 0.1) is 11.7 Å². The van der Waals surface area contributed by atoms with Gasteiger partial charge in [0.05, 0.1) is 22.9 Å². The van der Waals surface area contributed by atoms with E-state index in [1.807, 2.05) is 13.8 Å². The molecular formula is C19H18FN3O2. The summed E-state index contributed by atoms with van der Waals surface area (Å²) < 4.78 is 15.1. The van der Waals surface area contributed by atoms with Gasteiger partial charge in [-0.05, 0) is 30.2 Å². The predicted molar refractivity (Wildman–Crippen MR) is 94.9 cm³/mol. The quantitative estimate of drug-likeness (QED) is 0.792. The second-order valence-electron chi connectivity index (χ2n) is 6.13. The van der Waals surface area contributed by atoms with Gasteiger partial charge in [0.1, 0.15) is 11.9 Å². The van der Waals surface area contributed by atoms with Crippen molar-refractivity contribution in [1.29, 1.82) is 0 Å². The highest BCUT2D eigenvalue weighted by atomic mass is 19.1. The van der Waals surface area contributed by atoms with Crippen LogP contribution in [0.4, 0.5) is 10.1 Å². The van der Waals surface area contributed by atoms with Crippen LogP contribution in [0.3, 0.4) is 0 Å². The van der Waals surface area contributed by atoms with Crippen molar-refractivity contribution in [3.05, 3.63) is 71.0 Å². The van der Waals surface area contributed by atoms with Gasteiger partial charge >= 0.3 is 0 Å². The Morgan fingerprint density at radius 2 is 1.80 bits per heavy atom. The lowest BCUT2D eigenvalue weighted by Gasteiger charge is -2.22. The van der Waals surface area contributed by atoms with Gasteiger partial charge in [-0.1, -0.05) is 38.1 Å². The van der Waals surface area contributed by atoms with Gasteiger partial charge in [0.25, 0.3) is 5.56 Å². The minimum absolute atomic E-state index is 0.0833. The Labute approximate surface area is 144 Å². The van der Waals surface area contributed by atoms with Gasteiger partial charge in [0.2, 0.25) is 5.91 Å². The fourth-order valence-electron chi connectivity index (χ4n) is 2.80. The largest absolute Gasteiger partial charge is 0.322 e. The number of amides is 1. The molecule has 0 fully saturated rings. The zero-order valence-corrected chi connectivity index (χ0v) is 13.9. The summed E-state index contributed by atoms with van der Waals surface area (Å²) in [7, 11) is 0. The van der Waals surface area contributed by atoms with Gasteiger partial charge in [-0.15, -0.1) is 0 Å². The highest BCUT2D eigenvalue weighted by Crippen LogP contribution is 2.21. The molecule has 0 aliphatic carbocycles. The smallest absolute Gasteiger partial charge is 0.261 e. The Kier molecular flexibility index (Phi) is 4.61. The summed E-state index contributed by atoms with van der Waals surface area (Å²) in [6.45, 7) is 3.65. The maximum absolute atomic E-state index is 13.8. The summed E-state index contributed by atoms with van der Waals surface area (Å²) in [6, 6.07) is 12.1. The molecule has 0 saturated heterocycles. The number of benzene rings is 2. The molecule has 2 aromatic carbocycles. The van der Waals surface area contributed by atoms with E-state index < -0.39 is 17.8 Å². The summed E-state index contributed by atoms with van der Waals surface area (Å²) in [5, 5.41) is 3.00. The molecule has 0 aliphatic heterocycles. The summed E-state index contributed by atoms with van der Waals surface area (Å²) in [5.41, 5.74) is 0.355. The Morgan fingerprint density at radius 3 is 2.52 bits per heavy atom. The van der Waals surface area contributed by atoms with Crippen molar-refractivity contribution in [2.75, 3.05) is 5.32 Å². The van der Waals surface area contributed by atoms with Crippen LogP contribution < -0.4 is 10.9 Å². The van der Waals surface area contributed by atoms with E-state index in [-0.39, 0.29) is 17.2 Å². The molecule has 1 N–H and O–H groups in total. The van der Waals surface area contributed by atoms with E-state index in [1.165, 1.54) is 23.0 Å². The molecule has 6 heteroatoms. The Hall–Kier alpha value is -3.02. The maximum atomic E-state index is 13.8. The number of anilines is 1. The number of para-hydroxylation sites is 2. The Morgan fingerprint density at radius 1 is 1.12 bits per heavy atom. The molecule has 0 aliphatic rings. The highest BCUT2D eigenvalue weighted by Gasteiger charge is 2.26. The van der Waals surface area contributed by atoms with Crippen LogP contribution in [-0.4, -0.2) is 15.5 Å². The van der Waals surface area contributed by atoms with Crippen molar-refractivity contribution < 1.29 is 9.18 Å². The van der Waals surface area contributed by atoms with Crippen LogP contribution in [0.15, 0.2) is 59.7 Å². The van der Waals surface area contributed by atoms with Crippen molar-refractivity contribution in [3.8, 4) is 0 Å². The molecule has 1 atom stereocenters. The third kappa shape index (κ3) is 3.28. The molecule has 0 spiro atoms. The number of carbonyl (C=O) groups excluding carboxylic acids is 1. The van der Waals surface area contributed by atoms with Gasteiger partial charge in [-0.25, -0.2) is 9.37 Å². The van der Waals surface area contributed by atoms with E-state index in [4.69, 9.17) is 0 Å². The second-order valence-corrected chi connectivity index (χ2v) is 6.13. The molecule has 3 aromatic rings. The molecule has 1 amide bonds. The van der Waals surface area contributed by atoms with Crippen molar-refractivity contribution in [3.63, 3.8) is 0 Å². The van der Waals surface area contributed by atoms with Crippen molar-refractivity contribution in [2.45, 2.75) is 19.9 Å². The van der Waals surface area contributed by atoms with E-state index in [0.717, 1.165) is 0 Å². The number of aromatic nitrogens is 2. The van der Waals surface area contributed by atoms with E-state index in [2.05, 4.69) is 10.3 Å². The second kappa shape index (κ2) is 6.84. The predicted octanol–water partition coefficient (Wildman–Crippen LogP) is 3.37. The summed E-state index contributed by atoms with van der Waals surface area (Å²) in [6.07, 6.45) is 1.37. The fourth-order valence-corrected chi connectivity index (χ4v) is 2.80. The molecule has 128 valence electrons. The lowest BCUT2D eigenvalue weighted by atomic mass is 10.0. The number of nitrogens with zero attached hydrogens (tertiary/aromatic N) is 2. The van der Waals surface area contributed by atoms with Gasteiger partial charge in [-0.3, -0.25) is 14.2 Å². The third-order valence-corrected chi connectivity index (χ3v) is 4.02. The zero-order chi connectivity index (χ0) is 18.0. The molecule has 0 radical (unpaired) electrons. The number of halogens is 1. The normalized spacial score (nSPS) is 12.3. The average molecular weight is 339 g/mol. The lowest BCUT2D eigenvalue weighted by Crippen LogP contribution is -2.36. The molecule has 3 rings (SSSR count). The first-order valence-corrected chi connectivity index (χ1v) is 8.00. The van der Waals surface area contributed by atoms with Crippen LogP contribution in [-0.2, 0) is 4.79 Å². The zero-order valence-electron chi connectivity index (χ0n) is 13.9. The first-order valence-electron chi connectivity index (χ1n) is 8.00. The van der Waals surface area contributed by atoms with Crippen molar-refractivity contribution in [2.24, 2.45) is 5.92 Å². The van der Waals surface area contributed by atoms with E-state index in [9.17, 15) is 14.0 Å². The molecule has 1 heterocycles. The number of hydrogen-bond acceptors (Lipinski definition) is 3. The average Bonchev–Trinajstić information content (AvgIpc) is 2.59. The van der Waals surface area contributed by atoms with Gasteiger partial charge in [0, 0.05) is 0 Å². The Bertz CT molecular complexity index is 982. The number of fused-ring (bicyclic) bond motifs is 1. The molecular weight excluding hydrogens is 321 g/mol. The van der Waals surface area contributed by atoms with Crippen molar-refractivity contribution in [1.82, 2.24) is 9.55 Å². The van der Waals surface area contributed by atoms with Crippen LogP contribution in [0.5, 0.6) is 0 Å². The van der Waals surface area contributed by atoms with Gasteiger partial charge in [-0.2, -0.15) is 0 Å². The Balaban J connectivity index is 2.02. The van der Waals surface area contributed by atoms with Crippen molar-refractivity contribution >= 4 is 22.5 Å². The molecule has 0 bridgehead atoms. The molecule has 25 heavy (non-hydrogen) atoms. The summed E-state index contributed by atoms with van der Waals surface area (Å²) in [4.78, 5) is 29.8. The van der Waals surface area contributed by atoms with E-state index in [0.29, 0.717) is 10.9 Å². The number of carbonyl (C=O) groups is 1. The standard InChI is InChI=1S/C19H18FN3O2/c1-12(2)17(18(24)22-16-10-6-4-8-14(16)20)23-11-21-15-9-5-3-7-13(15)19(23)25/h3-12,17H,1-2H3,(H,22,24)/t17-/m0/s1. The third-order valence-electron chi connectivity index (χ3n) is 4.02. The van der Waals surface area contributed by atoms with E-state index >= 15 is 0 Å². The first kappa shape index (κ1) is 16.8. The topological polar surface area (TPSA) is 64.0 Å². The molecule has 0 saturated carbocycles. The van der Waals surface area contributed by atoms with Gasteiger partial charge in [0.15, 0.2) is 0 Å². The lowest BCUT2D eigenvalue weighted by molar-refractivity contribution is -0.120. The summed E-state index contributed by atoms with van der Waals surface area (Å²) in [5.74, 6) is -1.17. The summed E-state index contributed by atoms with van der Waals surface area (Å²) >= 11 is 0. The van der Waals surface area contributed by atoms with Gasteiger partial charge < -0.3 is 5.32 Å². The minimum Gasteiger partial charge on any atom is -0.322 e. The number of rotatable bonds is 4. The SMILES string of the molecule is CC(C)[C@@H](C(=O)Nc1ccccc1F)n1cnc2ccccc2c1=O. The molecule has 5 nitrogen and oxygen atoms in total. The molecule has 0 unspecified atom stereocenters. The van der Waals surface area contributed by atoms with Crippen LogP contribution in [0.25, 0.3) is 10.9 Å². The van der Waals surface area contributed by atoms with Crippen LogP contribution in [0.1, 0.15) is 19.9 Å². The van der Waals surface area contributed by atoms with E-state index in [1.54, 1.807) is 36.4 Å². The number of hydrogen-bond donors (Lipinski definition) is 1. The molecule has 1 aromatic heterocycles.